The van der Waals surface area contributed by atoms with E-state index in [1.54, 1.807) is 0 Å². The summed E-state index contributed by atoms with van der Waals surface area (Å²) < 4.78 is 0. The van der Waals surface area contributed by atoms with Crippen molar-refractivity contribution in [2.45, 2.75) is 89.6 Å². The van der Waals surface area contributed by atoms with Crippen LogP contribution in [0.15, 0.2) is 0 Å². The topological polar surface area (TPSA) is 23.5 Å². The molecule has 0 radical (unpaired) electrons. The zero-order chi connectivity index (χ0) is 14.0. The molecule has 0 amide bonds. The first-order valence-corrected chi connectivity index (χ1v) is 8.57. The number of hydrogen-bond acceptors (Lipinski definition) is 2. The van der Waals surface area contributed by atoms with Crippen LogP contribution in [-0.2, 0) is 0 Å². The monoisotopic (exact) mass is 269 g/mol. The van der Waals surface area contributed by atoms with E-state index in [2.05, 4.69) is 18.9 Å². The van der Waals surface area contributed by atoms with Crippen LogP contribution in [-0.4, -0.2) is 35.7 Å². The van der Waals surface area contributed by atoms with Gasteiger partial charge in [-0.05, 0) is 19.9 Å². The third-order valence-electron chi connectivity index (χ3n) is 4.52. The fourth-order valence-electron chi connectivity index (χ4n) is 3.21. The Morgan fingerprint density at radius 2 is 1.42 bits per heavy atom. The molecular formula is C17H35NO. The molecule has 0 aromatic carbocycles. The molecule has 1 atom stereocenters. The van der Waals surface area contributed by atoms with Gasteiger partial charge in [0.1, 0.15) is 0 Å². The highest BCUT2D eigenvalue weighted by atomic mass is 16.3. The Morgan fingerprint density at radius 1 is 0.895 bits per heavy atom. The molecule has 0 aromatic heterocycles. The maximum Gasteiger partial charge on any atom is 0.0786 e. The van der Waals surface area contributed by atoms with Crippen molar-refractivity contribution >= 4 is 0 Å². The second kappa shape index (κ2) is 9.77. The first kappa shape index (κ1) is 17.0. The summed E-state index contributed by atoms with van der Waals surface area (Å²) in [5.41, 5.74) is -0.366. The normalized spacial score (nSPS) is 24.2. The zero-order valence-electron chi connectivity index (χ0n) is 13.3. The van der Waals surface area contributed by atoms with Gasteiger partial charge in [-0.15, -0.1) is 0 Å². The number of likely N-dealkylation sites (N-methyl/N-ethyl adjacent to an activating group) is 1. The van der Waals surface area contributed by atoms with E-state index >= 15 is 0 Å². The number of unbranched alkanes of at least 4 members (excludes halogenated alkanes) is 9. The molecule has 1 N–H and O–H groups in total. The molecule has 0 spiro atoms. The number of nitrogens with zero attached hydrogens (tertiary/aromatic N) is 1. The van der Waals surface area contributed by atoms with Crippen molar-refractivity contribution in [3.8, 4) is 0 Å². The highest BCUT2D eigenvalue weighted by Gasteiger charge is 2.33. The Hall–Kier alpha value is -0.0800. The van der Waals surface area contributed by atoms with E-state index in [0.717, 1.165) is 25.9 Å². The molecule has 1 fully saturated rings. The van der Waals surface area contributed by atoms with Crippen LogP contribution in [0.4, 0.5) is 0 Å². The van der Waals surface area contributed by atoms with Crippen LogP contribution >= 0.6 is 0 Å². The van der Waals surface area contributed by atoms with Gasteiger partial charge in [0.15, 0.2) is 0 Å². The first-order chi connectivity index (χ1) is 9.16. The van der Waals surface area contributed by atoms with Crippen LogP contribution in [0.3, 0.4) is 0 Å². The average Bonchev–Trinajstić information content (AvgIpc) is 2.72. The van der Waals surface area contributed by atoms with Crippen LogP contribution < -0.4 is 0 Å². The lowest BCUT2D eigenvalue weighted by Crippen LogP contribution is -2.31. The fraction of sp³-hybridized carbons (Fsp3) is 1.00. The Bertz CT molecular complexity index is 219. The van der Waals surface area contributed by atoms with E-state index in [1.165, 1.54) is 64.2 Å². The summed E-state index contributed by atoms with van der Waals surface area (Å²) in [5.74, 6) is 0. The Balaban J connectivity index is 1.84. The summed E-state index contributed by atoms with van der Waals surface area (Å²) in [7, 11) is 2.11. The molecule has 19 heavy (non-hydrogen) atoms. The second-order valence-electron chi connectivity index (χ2n) is 6.64. The maximum absolute atomic E-state index is 10.3. The van der Waals surface area contributed by atoms with Gasteiger partial charge in [-0.2, -0.15) is 0 Å². The predicted molar refractivity (Wildman–Crippen MR) is 83.5 cm³/mol. The van der Waals surface area contributed by atoms with Gasteiger partial charge >= 0.3 is 0 Å². The van der Waals surface area contributed by atoms with Crippen molar-refractivity contribution in [3.63, 3.8) is 0 Å². The van der Waals surface area contributed by atoms with Gasteiger partial charge in [0, 0.05) is 13.1 Å². The van der Waals surface area contributed by atoms with Crippen molar-refractivity contribution in [1.82, 2.24) is 4.90 Å². The third-order valence-corrected chi connectivity index (χ3v) is 4.52. The summed E-state index contributed by atoms with van der Waals surface area (Å²) in [4.78, 5) is 2.25. The number of β-amino-alcohol motifs (C(OH)–C–C–N with tert-alkyl or cyclic N) is 1. The Kier molecular flexibility index (Phi) is 8.72. The summed E-state index contributed by atoms with van der Waals surface area (Å²) in [6, 6.07) is 0. The van der Waals surface area contributed by atoms with Gasteiger partial charge in [0.05, 0.1) is 5.60 Å². The van der Waals surface area contributed by atoms with E-state index in [9.17, 15) is 5.11 Å². The van der Waals surface area contributed by atoms with Crippen LogP contribution in [0.1, 0.15) is 84.0 Å². The molecule has 1 saturated heterocycles. The lowest BCUT2D eigenvalue weighted by atomic mass is 9.95. The summed E-state index contributed by atoms with van der Waals surface area (Å²) in [5, 5.41) is 10.3. The first-order valence-electron chi connectivity index (χ1n) is 8.57. The van der Waals surface area contributed by atoms with E-state index in [4.69, 9.17) is 0 Å². The molecule has 1 rings (SSSR count). The minimum absolute atomic E-state index is 0.366. The van der Waals surface area contributed by atoms with Gasteiger partial charge in [-0.1, -0.05) is 71.1 Å². The van der Waals surface area contributed by atoms with Gasteiger partial charge in [0.25, 0.3) is 0 Å². The molecule has 0 saturated carbocycles. The standard InChI is InChI=1S/C17H35NO/c1-3-4-5-6-7-8-9-10-11-12-13-17(19)14-15-18(2)16-17/h19H,3-16H2,1-2H3. The summed E-state index contributed by atoms with van der Waals surface area (Å²) in [6.45, 7) is 4.22. The lowest BCUT2D eigenvalue weighted by Gasteiger charge is -2.22. The minimum atomic E-state index is -0.366. The molecule has 0 aliphatic carbocycles. The summed E-state index contributed by atoms with van der Waals surface area (Å²) >= 11 is 0. The average molecular weight is 269 g/mol. The van der Waals surface area contributed by atoms with Crippen LogP contribution in [0.5, 0.6) is 0 Å². The number of likely N-dealkylation sites (tertiary alicyclic amines) is 1. The quantitative estimate of drug-likeness (QED) is 0.563. The number of aliphatic hydroxyl groups is 1. The van der Waals surface area contributed by atoms with Crippen molar-refractivity contribution in [2.75, 3.05) is 20.1 Å². The number of hydrogen-bond donors (Lipinski definition) is 1. The Morgan fingerprint density at radius 3 is 1.89 bits per heavy atom. The molecular weight excluding hydrogens is 234 g/mol. The van der Waals surface area contributed by atoms with Gasteiger partial charge in [-0.25, -0.2) is 0 Å². The van der Waals surface area contributed by atoms with Gasteiger partial charge < -0.3 is 10.0 Å². The second-order valence-corrected chi connectivity index (χ2v) is 6.64. The van der Waals surface area contributed by atoms with Crippen LogP contribution in [0, 0.1) is 0 Å². The molecule has 2 heteroatoms. The van der Waals surface area contributed by atoms with Crippen LogP contribution in [0.25, 0.3) is 0 Å². The molecule has 1 heterocycles. The molecule has 1 aliphatic rings. The zero-order valence-corrected chi connectivity index (χ0v) is 13.3. The third kappa shape index (κ3) is 7.94. The fourth-order valence-corrected chi connectivity index (χ4v) is 3.21. The predicted octanol–water partition coefficient (Wildman–Crippen LogP) is 4.36. The van der Waals surface area contributed by atoms with E-state index in [0.29, 0.717) is 0 Å². The maximum atomic E-state index is 10.3. The van der Waals surface area contributed by atoms with Crippen LogP contribution in [0.2, 0.25) is 0 Å². The molecule has 1 aliphatic heterocycles. The molecule has 0 bridgehead atoms. The van der Waals surface area contributed by atoms with E-state index in [-0.39, 0.29) is 5.60 Å². The minimum Gasteiger partial charge on any atom is -0.389 e. The smallest absolute Gasteiger partial charge is 0.0786 e. The SMILES string of the molecule is CCCCCCCCCCCCC1(O)CCN(C)C1. The lowest BCUT2D eigenvalue weighted by molar-refractivity contribution is 0.0404. The molecule has 0 aromatic rings. The van der Waals surface area contributed by atoms with Gasteiger partial charge in [-0.3, -0.25) is 0 Å². The highest BCUT2D eigenvalue weighted by molar-refractivity contribution is 4.88. The van der Waals surface area contributed by atoms with Gasteiger partial charge in [0.2, 0.25) is 0 Å². The number of rotatable bonds is 11. The molecule has 1 unspecified atom stereocenters. The molecule has 2 nitrogen and oxygen atoms in total. The molecule has 114 valence electrons. The largest absolute Gasteiger partial charge is 0.389 e. The van der Waals surface area contributed by atoms with Crippen molar-refractivity contribution < 1.29 is 5.11 Å². The van der Waals surface area contributed by atoms with E-state index < -0.39 is 0 Å². The Labute approximate surface area is 120 Å². The van der Waals surface area contributed by atoms with Crippen molar-refractivity contribution in [1.29, 1.82) is 0 Å². The van der Waals surface area contributed by atoms with E-state index in [1.807, 2.05) is 0 Å². The van der Waals surface area contributed by atoms with Crippen molar-refractivity contribution in [2.24, 2.45) is 0 Å². The summed E-state index contributed by atoms with van der Waals surface area (Å²) in [6.07, 6.45) is 15.7. The van der Waals surface area contributed by atoms with Crippen molar-refractivity contribution in [3.05, 3.63) is 0 Å². The highest BCUT2D eigenvalue weighted by Crippen LogP contribution is 2.26.